The summed E-state index contributed by atoms with van der Waals surface area (Å²) in [6.07, 6.45) is 13.5. The van der Waals surface area contributed by atoms with Gasteiger partial charge in [-0.15, -0.1) is 0 Å². The highest BCUT2D eigenvalue weighted by Gasteiger charge is 2.35. The lowest BCUT2D eigenvalue weighted by Gasteiger charge is -2.26. The first-order valence-electron chi connectivity index (χ1n) is 18.3. The van der Waals surface area contributed by atoms with E-state index >= 15 is 0 Å². The number of nitrogens with one attached hydrogen (secondary N) is 2. The molecule has 0 fully saturated rings. The van der Waals surface area contributed by atoms with Crippen LogP contribution < -0.4 is 5.32 Å². The number of aliphatic imine (C=N–C) groups is 2. The fraction of sp³-hybridized carbons (Fsp3) is 0.167. The van der Waals surface area contributed by atoms with Crippen molar-refractivity contribution < 1.29 is 0 Å². The summed E-state index contributed by atoms with van der Waals surface area (Å²) >= 11 is 0. The molecule has 2 N–H and O–H groups in total. The van der Waals surface area contributed by atoms with E-state index in [9.17, 15) is 0 Å². The molecule has 4 atom stereocenters. The van der Waals surface area contributed by atoms with Gasteiger partial charge in [-0.25, -0.2) is 4.99 Å². The van der Waals surface area contributed by atoms with Crippen molar-refractivity contribution in [1.82, 2.24) is 10.3 Å². The second-order valence-electron chi connectivity index (χ2n) is 14.6. The zero-order chi connectivity index (χ0) is 35.3. The van der Waals surface area contributed by atoms with Crippen LogP contribution in [-0.2, 0) is 0 Å². The third kappa shape index (κ3) is 5.84. The molecule has 4 unspecified atom stereocenters. The molecule has 0 radical (unpaired) electrons. The normalized spacial score (nSPS) is 24.6. The van der Waals surface area contributed by atoms with Gasteiger partial charge < -0.3 is 10.3 Å². The molecule has 8 bridgehead atoms. The summed E-state index contributed by atoms with van der Waals surface area (Å²) in [5.41, 5.74) is 18.1. The number of benzene rings is 4. The molecule has 4 aliphatic rings. The van der Waals surface area contributed by atoms with Gasteiger partial charge in [-0.05, 0) is 86.4 Å². The van der Waals surface area contributed by atoms with Crippen molar-refractivity contribution in [3.8, 4) is 0 Å². The Balaban J connectivity index is 1.29. The minimum Gasteiger partial charge on any atom is -0.377 e. The van der Waals surface area contributed by atoms with Crippen molar-refractivity contribution in [3.05, 3.63) is 213 Å². The fourth-order valence-electron chi connectivity index (χ4n) is 8.02. The van der Waals surface area contributed by atoms with Gasteiger partial charge in [0.25, 0.3) is 0 Å². The van der Waals surface area contributed by atoms with Gasteiger partial charge in [-0.1, -0.05) is 131 Å². The Labute approximate surface area is 306 Å². The van der Waals surface area contributed by atoms with Crippen LogP contribution in [-0.4, -0.2) is 28.5 Å². The number of rotatable bonds is 4. The Kier molecular flexibility index (Phi) is 7.96. The first-order chi connectivity index (χ1) is 25.4. The van der Waals surface area contributed by atoms with E-state index in [1.165, 1.54) is 33.4 Å². The standard InChI is InChI=1S/C48H42N4/c1-29-5-13-33(14-6-29)45-37-21-23-39(49-37)46(34-15-7-30(2)8-16-34)41-25-27-43(51-41)48(36-19-11-32(4)12-20-36)44-28-26-42(52-44)47(40-24-22-38(45)50-40)35-17-9-31(3)10-18-35/h5-28,37,40,45,47,49,52H,1-4H3/b46-39-,48-43-. The molecular weight excluding hydrogens is 633 g/mol. The maximum atomic E-state index is 5.59. The third-order valence-corrected chi connectivity index (χ3v) is 10.9. The Morgan fingerprint density at radius 3 is 1.73 bits per heavy atom. The van der Waals surface area contributed by atoms with Gasteiger partial charge >= 0.3 is 0 Å². The number of nitrogens with zero attached hydrogens (tertiary/aromatic N) is 2. The molecule has 0 amide bonds. The van der Waals surface area contributed by atoms with Gasteiger partial charge in [0.05, 0.1) is 29.4 Å². The SMILES string of the molecule is Cc1ccc(/C2=C3\C=CC(N3)C(c3ccc(C)cc3)C3=NC(C=C3)C(c3ccc(C)cc3)c3ccc([nH]3)/C(c3ccc(C)cc3)=C3/C=CC2=N3)cc1. The first kappa shape index (κ1) is 31.9. The van der Waals surface area contributed by atoms with E-state index in [1.54, 1.807) is 0 Å². The number of aromatic amines is 1. The largest absolute Gasteiger partial charge is 0.377 e. The molecule has 0 saturated heterocycles. The van der Waals surface area contributed by atoms with Crippen LogP contribution in [0.3, 0.4) is 0 Å². The van der Waals surface area contributed by atoms with E-state index in [0.29, 0.717) is 0 Å². The van der Waals surface area contributed by atoms with E-state index in [4.69, 9.17) is 9.98 Å². The zero-order valence-corrected chi connectivity index (χ0v) is 30.1. The highest BCUT2D eigenvalue weighted by Crippen LogP contribution is 2.40. The van der Waals surface area contributed by atoms with Crippen molar-refractivity contribution >= 4 is 22.6 Å². The molecule has 254 valence electrons. The maximum absolute atomic E-state index is 5.59. The summed E-state index contributed by atoms with van der Waals surface area (Å²) in [6.45, 7) is 8.56. The van der Waals surface area contributed by atoms with Crippen molar-refractivity contribution in [2.24, 2.45) is 9.98 Å². The molecule has 4 nitrogen and oxygen atoms in total. The molecule has 4 aliphatic heterocycles. The highest BCUT2D eigenvalue weighted by atomic mass is 15.0. The van der Waals surface area contributed by atoms with Crippen molar-refractivity contribution in [2.75, 3.05) is 0 Å². The predicted molar refractivity (Wildman–Crippen MR) is 216 cm³/mol. The second kappa shape index (κ2) is 13.0. The summed E-state index contributed by atoms with van der Waals surface area (Å²) < 4.78 is 0. The van der Waals surface area contributed by atoms with Gasteiger partial charge in [0.15, 0.2) is 0 Å². The quantitative estimate of drug-likeness (QED) is 0.196. The Morgan fingerprint density at radius 1 is 0.519 bits per heavy atom. The number of aromatic nitrogens is 1. The number of hydrogen-bond donors (Lipinski definition) is 2. The summed E-state index contributed by atoms with van der Waals surface area (Å²) in [5.74, 6) is 0.0260. The molecule has 0 spiro atoms. The molecule has 9 rings (SSSR count). The van der Waals surface area contributed by atoms with Gasteiger partial charge in [0, 0.05) is 39.9 Å². The molecule has 0 saturated carbocycles. The topological polar surface area (TPSA) is 52.5 Å². The lowest BCUT2D eigenvalue weighted by Crippen LogP contribution is -2.33. The molecular formula is C48H42N4. The smallest absolute Gasteiger partial charge is 0.0810 e. The molecule has 4 heteroatoms. The summed E-state index contributed by atoms with van der Waals surface area (Å²) in [6, 6.07) is 39.9. The van der Waals surface area contributed by atoms with Gasteiger partial charge in [0.2, 0.25) is 0 Å². The van der Waals surface area contributed by atoms with E-state index in [0.717, 1.165) is 56.5 Å². The molecule has 4 aromatic carbocycles. The molecule has 1 aromatic heterocycles. The number of H-pyrrole nitrogens is 1. The Bertz CT molecular complexity index is 2390. The van der Waals surface area contributed by atoms with Crippen LogP contribution >= 0.6 is 0 Å². The maximum Gasteiger partial charge on any atom is 0.0810 e. The third-order valence-electron chi connectivity index (χ3n) is 10.9. The van der Waals surface area contributed by atoms with E-state index in [1.807, 2.05) is 0 Å². The van der Waals surface area contributed by atoms with Crippen LogP contribution in [0, 0.1) is 27.7 Å². The first-order valence-corrected chi connectivity index (χ1v) is 18.3. The molecule has 0 aliphatic carbocycles. The van der Waals surface area contributed by atoms with Crippen LogP contribution in [0.5, 0.6) is 0 Å². The minimum atomic E-state index is -0.0694. The van der Waals surface area contributed by atoms with Crippen molar-refractivity contribution in [1.29, 1.82) is 0 Å². The van der Waals surface area contributed by atoms with Gasteiger partial charge in [-0.2, -0.15) is 0 Å². The van der Waals surface area contributed by atoms with Crippen LogP contribution in [0.2, 0.25) is 0 Å². The average Bonchev–Trinajstić information content (AvgIpc) is 3.99. The zero-order valence-electron chi connectivity index (χ0n) is 30.1. The van der Waals surface area contributed by atoms with Gasteiger partial charge in [0.1, 0.15) is 0 Å². The van der Waals surface area contributed by atoms with Crippen LogP contribution in [0.25, 0.3) is 11.1 Å². The monoisotopic (exact) mass is 674 g/mol. The van der Waals surface area contributed by atoms with E-state index < -0.39 is 0 Å². The Hall–Kier alpha value is -6.00. The van der Waals surface area contributed by atoms with Crippen molar-refractivity contribution in [2.45, 2.75) is 51.6 Å². The fourth-order valence-corrected chi connectivity index (χ4v) is 8.02. The second-order valence-corrected chi connectivity index (χ2v) is 14.6. The van der Waals surface area contributed by atoms with E-state index in [2.05, 4.69) is 184 Å². The number of hydrogen-bond acceptors (Lipinski definition) is 3. The minimum absolute atomic E-state index is 0.00670. The summed E-state index contributed by atoms with van der Waals surface area (Å²) in [4.78, 5) is 14.9. The predicted octanol–water partition coefficient (Wildman–Crippen LogP) is 10.3. The van der Waals surface area contributed by atoms with Crippen LogP contribution in [0.1, 0.15) is 67.7 Å². The summed E-state index contributed by atoms with van der Waals surface area (Å²) in [7, 11) is 0. The molecule has 52 heavy (non-hydrogen) atoms. The number of fused-ring (bicyclic) bond motifs is 6. The average molecular weight is 675 g/mol. The number of aryl methyl sites for hydroxylation is 4. The summed E-state index contributed by atoms with van der Waals surface area (Å²) in [5, 5.41) is 3.98. The molecule has 5 heterocycles. The number of allylic oxidation sites excluding steroid dienone is 5. The highest BCUT2D eigenvalue weighted by molar-refractivity contribution is 6.32. The van der Waals surface area contributed by atoms with Crippen molar-refractivity contribution in [3.63, 3.8) is 0 Å². The van der Waals surface area contributed by atoms with Crippen LogP contribution in [0.4, 0.5) is 0 Å². The van der Waals surface area contributed by atoms with Crippen LogP contribution in [0.15, 0.2) is 167 Å². The lowest BCUT2D eigenvalue weighted by atomic mass is 9.87. The lowest BCUT2D eigenvalue weighted by molar-refractivity contribution is 0.654. The van der Waals surface area contributed by atoms with Gasteiger partial charge in [-0.3, -0.25) is 4.99 Å². The molecule has 5 aromatic rings. The van der Waals surface area contributed by atoms with E-state index in [-0.39, 0.29) is 23.9 Å². The Morgan fingerprint density at radius 2 is 1.10 bits per heavy atom.